The fourth-order valence-corrected chi connectivity index (χ4v) is 1.85. The number of benzene rings is 1. The third kappa shape index (κ3) is 3.59. The molecule has 0 spiro atoms. The molecule has 1 aromatic carbocycles. The second-order valence-electron chi connectivity index (χ2n) is 3.31. The van der Waals surface area contributed by atoms with Gasteiger partial charge in [-0.3, -0.25) is 0 Å². The summed E-state index contributed by atoms with van der Waals surface area (Å²) in [6.07, 6.45) is 0. The van der Waals surface area contributed by atoms with Gasteiger partial charge in [0.05, 0.1) is 6.61 Å². The van der Waals surface area contributed by atoms with Crippen molar-refractivity contribution < 1.29 is 9.47 Å². The van der Waals surface area contributed by atoms with Gasteiger partial charge in [0.25, 0.3) is 0 Å². The van der Waals surface area contributed by atoms with Crippen LogP contribution in [0.4, 0.5) is 0 Å². The summed E-state index contributed by atoms with van der Waals surface area (Å²) in [5.41, 5.74) is 0. The molecule has 0 saturated heterocycles. The molecule has 2 aromatic rings. The van der Waals surface area contributed by atoms with Gasteiger partial charge in [-0.15, -0.1) is 0 Å². The molecule has 0 atom stereocenters. The van der Waals surface area contributed by atoms with E-state index >= 15 is 0 Å². The molecule has 3 nitrogen and oxygen atoms in total. The molecule has 0 aliphatic rings. The molecule has 88 valence electrons. The number of ether oxygens (including phenoxy) is 2. The van der Waals surface area contributed by atoms with Crippen molar-refractivity contribution in [3.63, 3.8) is 0 Å². The van der Waals surface area contributed by atoms with E-state index in [1.54, 1.807) is 0 Å². The highest BCUT2D eigenvalue weighted by Crippen LogP contribution is 2.22. The lowest BCUT2D eigenvalue weighted by atomic mass is 10.3. The van der Waals surface area contributed by atoms with Gasteiger partial charge >= 0.3 is 0 Å². The van der Waals surface area contributed by atoms with Crippen molar-refractivity contribution >= 4 is 22.6 Å². The van der Waals surface area contributed by atoms with Gasteiger partial charge in [0.15, 0.2) is 0 Å². The standard InChI is InChI=1S/C13H12INO2/c1-2-16-12-7-4-8-13(15-12)17-11-6-3-5-10(14)9-11/h3-9H,2H2,1H3. The van der Waals surface area contributed by atoms with Crippen LogP contribution in [0.15, 0.2) is 42.5 Å². The summed E-state index contributed by atoms with van der Waals surface area (Å²) in [5.74, 6) is 1.90. The summed E-state index contributed by atoms with van der Waals surface area (Å²) in [5, 5.41) is 0. The van der Waals surface area contributed by atoms with Crippen LogP contribution >= 0.6 is 22.6 Å². The molecule has 4 heteroatoms. The summed E-state index contributed by atoms with van der Waals surface area (Å²) in [4.78, 5) is 4.24. The van der Waals surface area contributed by atoms with Gasteiger partial charge in [-0.2, -0.15) is 4.98 Å². The van der Waals surface area contributed by atoms with E-state index in [1.165, 1.54) is 0 Å². The lowest BCUT2D eigenvalue weighted by molar-refractivity contribution is 0.321. The zero-order valence-electron chi connectivity index (χ0n) is 9.39. The van der Waals surface area contributed by atoms with E-state index in [2.05, 4.69) is 27.6 Å². The predicted octanol–water partition coefficient (Wildman–Crippen LogP) is 3.88. The van der Waals surface area contributed by atoms with Crippen LogP contribution in [0.25, 0.3) is 0 Å². The molecule has 1 aromatic heterocycles. The van der Waals surface area contributed by atoms with Crippen molar-refractivity contribution in [1.29, 1.82) is 0 Å². The van der Waals surface area contributed by atoms with Gasteiger partial charge in [0.2, 0.25) is 11.8 Å². The summed E-state index contributed by atoms with van der Waals surface area (Å²) in [7, 11) is 0. The van der Waals surface area contributed by atoms with Crippen LogP contribution in [0.5, 0.6) is 17.5 Å². The normalized spacial score (nSPS) is 10.0. The van der Waals surface area contributed by atoms with Gasteiger partial charge in [-0.25, -0.2) is 0 Å². The first-order valence-electron chi connectivity index (χ1n) is 5.31. The van der Waals surface area contributed by atoms with Gasteiger partial charge < -0.3 is 9.47 Å². The van der Waals surface area contributed by atoms with E-state index in [0.717, 1.165) is 9.32 Å². The van der Waals surface area contributed by atoms with E-state index in [0.29, 0.717) is 18.4 Å². The minimum Gasteiger partial charge on any atom is -0.478 e. The predicted molar refractivity (Wildman–Crippen MR) is 74.6 cm³/mol. The highest BCUT2D eigenvalue weighted by molar-refractivity contribution is 14.1. The third-order valence-corrected chi connectivity index (χ3v) is 2.68. The van der Waals surface area contributed by atoms with Crippen LogP contribution < -0.4 is 9.47 Å². The van der Waals surface area contributed by atoms with E-state index in [4.69, 9.17) is 9.47 Å². The molecule has 1 heterocycles. The second-order valence-corrected chi connectivity index (χ2v) is 4.55. The lowest BCUT2D eigenvalue weighted by Crippen LogP contribution is -1.95. The van der Waals surface area contributed by atoms with Crippen molar-refractivity contribution in [3.8, 4) is 17.5 Å². The van der Waals surface area contributed by atoms with Crippen molar-refractivity contribution in [3.05, 3.63) is 46.0 Å². The molecule has 0 fully saturated rings. The Kier molecular flexibility index (Phi) is 4.19. The molecule has 0 radical (unpaired) electrons. The number of aromatic nitrogens is 1. The number of nitrogens with zero attached hydrogens (tertiary/aromatic N) is 1. The first-order chi connectivity index (χ1) is 8.28. The maximum Gasteiger partial charge on any atom is 0.222 e. The average molecular weight is 341 g/mol. The van der Waals surface area contributed by atoms with E-state index < -0.39 is 0 Å². The quantitative estimate of drug-likeness (QED) is 0.791. The number of hydrogen-bond donors (Lipinski definition) is 0. The molecule has 0 aliphatic carbocycles. The fourth-order valence-electron chi connectivity index (χ4n) is 1.33. The van der Waals surface area contributed by atoms with Crippen LogP contribution in [0.1, 0.15) is 6.92 Å². The summed E-state index contributed by atoms with van der Waals surface area (Å²) >= 11 is 2.24. The molecule has 0 saturated carbocycles. The van der Waals surface area contributed by atoms with Crippen LogP contribution in [0.2, 0.25) is 0 Å². The minimum absolute atomic E-state index is 0.540. The molecule has 17 heavy (non-hydrogen) atoms. The summed E-state index contributed by atoms with van der Waals surface area (Å²) in [6, 6.07) is 13.3. The van der Waals surface area contributed by atoms with E-state index in [1.807, 2.05) is 49.4 Å². The van der Waals surface area contributed by atoms with Crippen molar-refractivity contribution in [2.45, 2.75) is 6.92 Å². The molecular weight excluding hydrogens is 329 g/mol. The highest BCUT2D eigenvalue weighted by atomic mass is 127. The largest absolute Gasteiger partial charge is 0.478 e. The van der Waals surface area contributed by atoms with E-state index in [9.17, 15) is 0 Å². The Bertz CT molecular complexity index is 502. The zero-order chi connectivity index (χ0) is 12.1. The third-order valence-electron chi connectivity index (χ3n) is 2.01. The fraction of sp³-hybridized carbons (Fsp3) is 0.154. The molecule has 0 N–H and O–H groups in total. The molecule has 0 bridgehead atoms. The van der Waals surface area contributed by atoms with Crippen molar-refractivity contribution in [2.24, 2.45) is 0 Å². The van der Waals surface area contributed by atoms with Gasteiger partial charge in [0.1, 0.15) is 5.75 Å². The second kappa shape index (κ2) is 5.86. The zero-order valence-corrected chi connectivity index (χ0v) is 11.5. The van der Waals surface area contributed by atoms with Crippen LogP contribution in [0, 0.1) is 3.57 Å². The SMILES string of the molecule is CCOc1cccc(Oc2cccc(I)c2)n1. The van der Waals surface area contributed by atoms with Crippen LogP contribution in [0.3, 0.4) is 0 Å². The molecule has 0 aliphatic heterocycles. The highest BCUT2D eigenvalue weighted by Gasteiger charge is 2.01. The average Bonchev–Trinajstić information content (AvgIpc) is 2.30. The first kappa shape index (κ1) is 12.2. The monoisotopic (exact) mass is 341 g/mol. The Hall–Kier alpha value is -1.30. The van der Waals surface area contributed by atoms with Crippen molar-refractivity contribution in [1.82, 2.24) is 4.98 Å². The molecule has 2 rings (SSSR count). The van der Waals surface area contributed by atoms with E-state index in [-0.39, 0.29) is 0 Å². The Balaban J connectivity index is 2.15. The molecular formula is C13H12INO2. The van der Waals surface area contributed by atoms with Gasteiger partial charge in [-0.05, 0) is 47.7 Å². The number of hydrogen-bond acceptors (Lipinski definition) is 3. The van der Waals surface area contributed by atoms with Gasteiger partial charge in [0, 0.05) is 15.7 Å². The lowest BCUT2D eigenvalue weighted by Gasteiger charge is -2.07. The number of rotatable bonds is 4. The Morgan fingerprint density at radius 1 is 1.12 bits per heavy atom. The van der Waals surface area contributed by atoms with Crippen LogP contribution in [-0.2, 0) is 0 Å². The Labute approximate surface area is 114 Å². The topological polar surface area (TPSA) is 31.4 Å². The summed E-state index contributed by atoms with van der Waals surface area (Å²) in [6.45, 7) is 2.52. The minimum atomic E-state index is 0.540. The smallest absolute Gasteiger partial charge is 0.222 e. The molecule has 0 amide bonds. The number of pyridine rings is 1. The Morgan fingerprint density at radius 2 is 1.88 bits per heavy atom. The first-order valence-corrected chi connectivity index (χ1v) is 6.39. The van der Waals surface area contributed by atoms with Crippen LogP contribution in [-0.4, -0.2) is 11.6 Å². The molecule has 0 unspecified atom stereocenters. The maximum absolute atomic E-state index is 5.65. The van der Waals surface area contributed by atoms with Gasteiger partial charge in [-0.1, -0.05) is 12.1 Å². The summed E-state index contributed by atoms with van der Waals surface area (Å²) < 4.78 is 12.1. The maximum atomic E-state index is 5.65. The van der Waals surface area contributed by atoms with Crippen molar-refractivity contribution in [2.75, 3.05) is 6.61 Å². The Morgan fingerprint density at radius 3 is 2.65 bits per heavy atom. The number of halogens is 1.